The maximum absolute atomic E-state index is 9.43. The topological polar surface area (TPSA) is 43.4 Å². The minimum absolute atomic E-state index is 0. The van der Waals surface area contributed by atoms with Crippen LogP contribution in [0, 0.1) is 0 Å². The number of rotatable bonds is 1. The van der Waals surface area contributed by atoms with Gasteiger partial charge in [0.2, 0.25) is 0 Å². The highest BCUT2D eigenvalue weighted by Crippen LogP contribution is 2.15. The second kappa shape index (κ2) is 4.14. The number of benzene rings is 1. The van der Waals surface area contributed by atoms with Crippen LogP contribution < -0.4 is 17.4 Å². The molecule has 0 saturated carbocycles. The Kier molecular flexibility index (Phi) is 3.14. The van der Waals surface area contributed by atoms with Crippen LogP contribution in [0.15, 0.2) is 24.3 Å². The van der Waals surface area contributed by atoms with Gasteiger partial charge in [-0.15, -0.1) is 0 Å². The molecule has 70 valence electrons. The van der Waals surface area contributed by atoms with Crippen LogP contribution in [0.3, 0.4) is 0 Å². The predicted octanol–water partition coefficient (Wildman–Crippen LogP) is -3.75. The molecule has 2 N–H and O–H groups in total. The molecule has 0 bridgehead atoms. The van der Waals surface area contributed by atoms with E-state index in [9.17, 15) is 5.11 Å². The van der Waals surface area contributed by atoms with Crippen LogP contribution in [-0.2, 0) is 4.74 Å². The second-order valence-electron chi connectivity index (χ2n) is 2.62. The summed E-state index contributed by atoms with van der Waals surface area (Å²) in [6.45, 7) is 1.48. The average Bonchev–Trinajstić information content (AvgIpc) is 2.57. The van der Waals surface area contributed by atoms with Gasteiger partial charge < -0.3 is 22.3 Å². The monoisotopic (exact) mass is 199 g/mol. The SMILES string of the molecule is Oc1ccccc1C1=[NH+]CCO1.[Cl-]. The van der Waals surface area contributed by atoms with Crippen molar-refractivity contribution in [3.63, 3.8) is 0 Å². The van der Waals surface area contributed by atoms with Crippen LogP contribution in [0.5, 0.6) is 5.75 Å². The molecule has 13 heavy (non-hydrogen) atoms. The summed E-state index contributed by atoms with van der Waals surface area (Å²) < 4.78 is 5.27. The van der Waals surface area contributed by atoms with E-state index in [1.54, 1.807) is 12.1 Å². The summed E-state index contributed by atoms with van der Waals surface area (Å²) in [5.41, 5.74) is 0.731. The lowest BCUT2D eigenvalue weighted by molar-refractivity contribution is -0.444. The fourth-order valence-electron chi connectivity index (χ4n) is 1.21. The summed E-state index contributed by atoms with van der Waals surface area (Å²) in [7, 11) is 0. The molecule has 0 saturated heterocycles. The van der Waals surface area contributed by atoms with Crippen LogP contribution in [0.4, 0.5) is 0 Å². The Hall–Kier alpha value is -1.22. The van der Waals surface area contributed by atoms with E-state index < -0.39 is 0 Å². The van der Waals surface area contributed by atoms with Crippen molar-refractivity contribution in [2.75, 3.05) is 13.2 Å². The fourth-order valence-corrected chi connectivity index (χ4v) is 1.21. The fraction of sp³-hybridized carbons (Fsp3) is 0.222. The molecule has 1 aromatic rings. The van der Waals surface area contributed by atoms with Crippen molar-refractivity contribution in [2.24, 2.45) is 0 Å². The zero-order valence-electron chi connectivity index (χ0n) is 6.96. The number of ether oxygens (including phenoxy) is 1. The van der Waals surface area contributed by atoms with Crippen LogP contribution in [0.1, 0.15) is 5.56 Å². The van der Waals surface area contributed by atoms with Crippen molar-refractivity contribution in [1.82, 2.24) is 0 Å². The average molecular weight is 200 g/mol. The van der Waals surface area contributed by atoms with Crippen molar-refractivity contribution >= 4 is 5.90 Å². The Balaban J connectivity index is 0.000000845. The van der Waals surface area contributed by atoms with Crippen molar-refractivity contribution in [1.29, 1.82) is 0 Å². The van der Waals surface area contributed by atoms with E-state index in [4.69, 9.17) is 4.74 Å². The molecule has 0 aromatic heterocycles. The number of nitrogens with one attached hydrogen (secondary N) is 1. The highest BCUT2D eigenvalue weighted by atomic mass is 35.5. The third kappa shape index (κ3) is 1.92. The van der Waals surface area contributed by atoms with Crippen molar-refractivity contribution < 1.29 is 27.2 Å². The highest BCUT2D eigenvalue weighted by Gasteiger charge is 2.19. The summed E-state index contributed by atoms with van der Waals surface area (Å²) in [6, 6.07) is 7.12. The molecular weight excluding hydrogens is 190 g/mol. The standard InChI is InChI=1S/C9H9NO2.ClH/c11-8-4-2-1-3-7(8)9-10-5-6-12-9;/h1-4,11H,5-6H2;1H. The largest absolute Gasteiger partial charge is 1.00 e. The number of phenols is 1. The molecule has 1 aliphatic heterocycles. The van der Waals surface area contributed by atoms with E-state index in [-0.39, 0.29) is 18.2 Å². The Labute approximate surface area is 82.5 Å². The van der Waals surface area contributed by atoms with Gasteiger partial charge in [0.25, 0.3) is 0 Å². The first-order chi connectivity index (χ1) is 5.88. The number of hydrogen-bond donors (Lipinski definition) is 2. The van der Waals surface area contributed by atoms with E-state index in [0.717, 1.165) is 12.1 Å². The molecule has 4 heteroatoms. The molecule has 0 spiro atoms. The molecule has 0 aliphatic carbocycles. The van der Waals surface area contributed by atoms with E-state index in [1.165, 1.54) is 0 Å². The molecule has 0 amide bonds. The summed E-state index contributed by atoms with van der Waals surface area (Å²) in [5.74, 6) is 0.926. The van der Waals surface area contributed by atoms with Gasteiger partial charge in [-0.3, -0.25) is 0 Å². The Morgan fingerprint density at radius 2 is 2.08 bits per heavy atom. The van der Waals surface area contributed by atoms with Gasteiger partial charge >= 0.3 is 5.90 Å². The van der Waals surface area contributed by atoms with Crippen LogP contribution in [0.25, 0.3) is 0 Å². The summed E-state index contributed by atoms with van der Waals surface area (Å²) in [4.78, 5) is 3.05. The van der Waals surface area contributed by atoms with E-state index in [1.807, 2.05) is 12.1 Å². The van der Waals surface area contributed by atoms with Gasteiger partial charge in [-0.1, -0.05) is 12.1 Å². The Morgan fingerprint density at radius 3 is 2.69 bits per heavy atom. The maximum atomic E-state index is 9.43. The number of halogens is 1. The number of aromatic hydroxyl groups is 1. The quantitative estimate of drug-likeness (QED) is 0.488. The maximum Gasteiger partial charge on any atom is 0.372 e. The van der Waals surface area contributed by atoms with Crippen LogP contribution in [0.2, 0.25) is 0 Å². The molecular formula is C9H10ClNO2. The lowest BCUT2D eigenvalue weighted by Crippen LogP contribution is -3.00. The second-order valence-corrected chi connectivity index (χ2v) is 2.62. The molecule has 3 nitrogen and oxygen atoms in total. The van der Waals surface area contributed by atoms with Crippen molar-refractivity contribution in [2.45, 2.75) is 0 Å². The molecule has 1 heterocycles. The summed E-state index contributed by atoms with van der Waals surface area (Å²) in [5, 5.41) is 9.43. The molecule has 0 atom stereocenters. The highest BCUT2D eigenvalue weighted by molar-refractivity contribution is 5.92. The van der Waals surface area contributed by atoms with Gasteiger partial charge in [0, 0.05) is 0 Å². The first-order valence-electron chi connectivity index (χ1n) is 3.90. The smallest absolute Gasteiger partial charge is 0.372 e. The van der Waals surface area contributed by atoms with Gasteiger partial charge in [-0.25, -0.2) is 4.99 Å². The zero-order valence-corrected chi connectivity index (χ0v) is 7.71. The van der Waals surface area contributed by atoms with Crippen LogP contribution >= 0.6 is 0 Å². The normalized spacial score (nSPS) is 14.3. The molecule has 1 aromatic carbocycles. The van der Waals surface area contributed by atoms with Gasteiger partial charge in [0.1, 0.15) is 11.3 Å². The van der Waals surface area contributed by atoms with Crippen molar-refractivity contribution in [3.8, 4) is 5.75 Å². The van der Waals surface area contributed by atoms with Gasteiger partial charge in [0.05, 0.1) is 0 Å². The summed E-state index contributed by atoms with van der Waals surface area (Å²) in [6.07, 6.45) is 0. The molecule has 0 radical (unpaired) electrons. The Bertz CT molecular complexity index is 325. The number of phenolic OH excluding ortho intramolecular Hbond substituents is 1. The summed E-state index contributed by atoms with van der Waals surface area (Å²) >= 11 is 0. The molecule has 2 rings (SSSR count). The minimum atomic E-state index is 0. The lowest BCUT2D eigenvalue weighted by Gasteiger charge is -1.97. The number of para-hydroxylation sites is 1. The van der Waals surface area contributed by atoms with E-state index in [0.29, 0.717) is 12.5 Å². The molecule has 1 aliphatic rings. The predicted molar refractivity (Wildman–Crippen MR) is 44.0 cm³/mol. The third-order valence-electron chi connectivity index (χ3n) is 1.78. The number of hydrogen-bond acceptors (Lipinski definition) is 2. The lowest BCUT2D eigenvalue weighted by atomic mass is 10.2. The minimum Gasteiger partial charge on any atom is -1.00 e. The Morgan fingerprint density at radius 1 is 1.31 bits per heavy atom. The molecule has 0 unspecified atom stereocenters. The van der Waals surface area contributed by atoms with E-state index >= 15 is 0 Å². The zero-order chi connectivity index (χ0) is 8.39. The van der Waals surface area contributed by atoms with Gasteiger partial charge in [-0.2, -0.15) is 0 Å². The van der Waals surface area contributed by atoms with Crippen LogP contribution in [-0.4, -0.2) is 24.2 Å². The first kappa shape index (κ1) is 9.86. The third-order valence-corrected chi connectivity index (χ3v) is 1.78. The van der Waals surface area contributed by atoms with Gasteiger partial charge in [0.15, 0.2) is 13.2 Å². The molecule has 0 fully saturated rings. The van der Waals surface area contributed by atoms with Gasteiger partial charge in [-0.05, 0) is 12.1 Å². The van der Waals surface area contributed by atoms with Crippen molar-refractivity contribution in [3.05, 3.63) is 29.8 Å². The first-order valence-corrected chi connectivity index (χ1v) is 3.90. The van der Waals surface area contributed by atoms with E-state index in [2.05, 4.69) is 4.99 Å².